The fourth-order valence-corrected chi connectivity index (χ4v) is 3.33. The van der Waals surface area contributed by atoms with Crippen molar-refractivity contribution in [1.29, 1.82) is 0 Å². The molecule has 0 unspecified atom stereocenters. The molecule has 4 heteroatoms. The van der Waals surface area contributed by atoms with Crippen LogP contribution in [0.1, 0.15) is 22.7 Å². The summed E-state index contributed by atoms with van der Waals surface area (Å²) in [6.07, 6.45) is 0.774. The maximum Gasteiger partial charge on any atom is 0.315 e. The van der Waals surface area contributed by atoms with E-state index in [0.717, 1.165) is 22.0 Å². The second-order valence-electron chi connectivity index (χ2n) is 6.00. The van der Waals surface area contributed by atoms with Crippen molar-refractivity contribution in [1.82, 2.24) is 10.6 Å². The Morgan fingerprint density at radius 2 is 1.35 bits per heavy atom. The van der Waals surface area contributed by atoms with E-state index >= 15 is 0 Å². The van der Waals surface area contributed by atoms with Crippen molar-refractivity contribution in [2.45, 2.75) is 12.5 Å². The van der Waals surface area contributed by atoms with Crippen LogP contribution < -0.4 is 10.6 Å². The summed E-state index contributed by atoms with van der Waals surface area (Å²) in [5.41, 5.74) is 3.29. The number of halogens is 1. The molecule has 0 aromatic heterocycles. The Hall–Kier alpha value is -2.59. The van der Waals surface area contributed by atoms with Crippen LogP contribution in [0.4, 0.5) is 4.79 Å². The number of carbonyl (C=O) groups is 1. The molecular formula is C22H21BrN2O. The Balaban J connectivity index is 1.63. The van der Waals surface area contributed by atoms with Crippen molar-refractivity contribution < 1.29 is 4.79 Å². The summed E-state index contributed by atoms with van der Waals surface area (Å²) < 4.78 is 1.06. The summed E-state index contributed by atoms with van der Waals surface area (Å²) in [6.45, 7) is 0.574. The predicted octanol–water partition coefficient (Wildman–Crippen LogP) is 5.08. The van der Waals surface area contributed by atoms with Crippen LogP contribution in [0, 0.1) is 0 Å². The Morgan fingerprint density at radius 3 is 1.92 bits per heavy atom. The highest BCUT2D eigenvalue weighted by Crippen LogP contribution is 2.21. The second kappa shape index (κ2) is 9.20. The van der Waals surface area contributed by atoms with Crippen molar-refractivity contribution in [2.24, 2.45) is 0 Å². The number of carbonyl (C=O) groups excluding carboxylic acids is 1. The normalized spacial score (nSPS) is 10.5. The molecule has 0 saturated heterocycles. The monoisotopic (exact) mass is 408 g/mol. The van der Waals surface area contributed by atoms with Gasteiger partial charge in [-0.1, -0.05) is 94.8 Å². The zero-order chi connectivity index (χ0) is 18.2. The molecule has 3 aromatic rings. The number of nitrogens with one attached hydrogen (secondary N) is 2. The lowest BCUT2D eigenvalue weighted by atomic mass is 9.99. The first-order valence-electron chi connectivity index (χ1n) is 8.61. The molecule has 0 aliphatic carbocycles. The summed E-state index contributed by atoms with van der Waals surface area (Å²) in [4.78, 5) is 12.4. The zero-order valence-corrected chi connectivity index (χ0v) is 15.9. The van der Waals surface area contributed by atoms with Crippen LogP contribution in [-0.2, 0) is 6.42 Å². The van der Waals surface area contributed by atoms with Gasteiger partial charge in [0.05, 0.1) is 6.04 Å². The molecule has 0 heterocycles. The topological polar surface area (TPSA) is 41.1 Å². The minimum Gasteiger partial charge on any atom is -0.338 e. The maximum atomic E-state index is 12.4. The smallest absolute Gasteiger partial charge is 0.315 e. The molecule has 0 saturated carbocycles. The third-order valence-corrected chi connectivity index (χ3v) is 4.95. The van der Waals surface area contributed by atoms with Crippen LogP contribution >= 0.6 is 15.9 Å². The second-order valence-corrected chi connectivity index (χ2v) is 6.85. The van der Waals surface area contributed by atoms with E-state index < -0.39 is 0 Å². The summed E-state index contributed by atoms with van der Waals surface area (Å²) in [7, 11) is 0. The van der Waals surface area contributed by atoms with Crippen molar-refractivity contribution in [3.63, 3.8) is 0 Å². The van der Waals surface area contributed by atoms with Crippen molar-refractivity contribution in [3.8, 4) is 0 Å². The van der Waals surface area contributed by atoms with E-state index in [1.807, 2.05) is 78.9 Å². The van der Waals surface area contributed by atoms with Crippen molar-refractivity contribution in [3.05, 3.63) is 106 Å². The standard InChI is InChI=1S/C22H21BrN2O/c23-20-14-8-7-9-17(20)15-16-24-22(26)25-21(18-10-3-1-4-11-18)19-12-5-2-6-13-19/h1-14,21H,15-16H2,(H2,24,25,26). The molecule has 132 valence electrons. The minimum atomic E-state index is -0.180. The molecular weight excluding hydrogens is 388 g/mol. The van der Waals surface area contributed by atoms with Gasteiger partial charge in [0.2, 0.25) is 0 Å². The number of hydrogen-bond donors (Lipinski definition) is 2. The molecule has 0 spiro atoms. The fraction of sp³-hybridized carbons (Fsp3) is 0.136. The Labute approximate surface area is 162 Å². The summed E-state index contributed by atoms with van der Waals surface area (Å²) >= 11 is 3.54. The number of benzene rings is 3. The number of hydrogen-bond acceptors (Lipinski definition) is 1. The van der Waals surface area contributed by atoms with Crippen LogP contribution in [-0.4, -0.2) is 12.6 Å². The van der Waals surface area contributed by atoms with E-state index in [1.54, 1.807) is 0 Å². The third kappa shape index (κ3) is 4.96. The summed E-state index contributed by atoms with van der Waals surface area (Å²) in [5.74, 6) is 0. The molecule has 0 aliphatic rings. The van der Waals surface area contributed by atoms with Gasteiger partial charge < -0.3 is 10.6 Å². The average molecular weight is 409 g/mol. The lowest BCUT2D eigenvalue weighted by molar-refractivity contribution is 0.239. The molecule has 2 amide bonds. The molecule has 3 rings (SSSR count). The Bertz CT molecular complexity index is 798. The maximum absolute atomic E-state index is 12.4. The first-order chi connectivity index (χ1) is 12.7. The molecule has 0 aliphatic heterocycles. The highest BCUT2D eigenvalue weighted by molar-refractivity contribution is 9.10. The van der Waals surface area contributed by atoms with E-state index in [4.69, 9.17) is 0 Å². The number of rotatable bonds is 6. The first-order valence-corrected chi connectivity index (χ1v) is 9.41. The number of urea groups is 1. The van der Waals surface area contributed by atoms with Crippen LogP contribution in [0.25, 0.3) is 0 Å². The first kappa shape index (κ1) is 18.2. The third-order valence-electron chi connectivity index (χ3n) is 4.18. The van der Waals surface area contributed by atoms with Gasteiger partial charge in [-0.25, -0.2) is 4.79 Å². The summed E-state index contributed by atoms with van der Waals surface area (Å²) in [5, 5.41) is 6.05. The molecule has 0 radical (unpaired) electrons. The van der Waals surface area contributed by atoms with E-state index in [1.165, 1.54) is 5.56 Å². The minimum absolute atomic E-state index is 0.172. The number of amides is 2. The quantitative estimate of drug-likeness (QED) is 0.586. The SMILES string of the molecule is O=C(NCCc1ccccc1Br)NC(c1ccccc1)c1ccccc1. The van der Waals surface area contributed by atoms with Gasteiger partial charge in [-0.2, -0.15) is 0 Å². The molecule has 0 fully saturated rings. The van der Waals surface area contributed by atoms with Gasteiger partial charge in [0, 0.05) is 11.0 Å². The van der Waals surface area contributed by atoms with E-state index in [9.17, 15) is 4.79 Å². The van der Waals surface area contributed by atoms with Gasteiger partial charge in [0.1, 0.15) is 0 Å². The lowest BCUT2D eigenvalue weighted by Gasteiger charge is -2.20. The highest BCUT2D eigenvalue weighted by atomic mass is 79.9. The van der Waals surface area contributed by atoms with Crippen LogP contribution in [0.15, 0.2) is 89.4 Å². The largest absolute Gasteiger partial charge is 0.338 e. The van der Waals surface area contributed by atoms with Crippen LogP contribution in [0.3, 0.4) is 0 Å². The van der Waals surface area contributed by atoms with E-state index in [0.29, 0.717) is 6.54 Å². The zero-order valence-electron chi connectivity index (χ0n) is 14.4. The molecule has 3 aromatic carbocycles. The molecule has 0 atom stereocenters. The van der Waals surface area contributed by atoms with Crippen molar-refractivity contribution in [2.75, 3.05) is 6.54 Å². The fourth-order valence-electron chi connectivity index (χ4n) is 2.84. The Morgan fingerprint density at radius 1 is 0.808 bits per heavy atom. The van der Waals surface area contributed by atoms with Gasteiger partial charge in [0.25, 0.3) is 0 Å². The van der Waals surface area contributed by atoms with Crippen molar-refractivity contribution >= 4 is 22.0 Å². The molecule has 3 nitrogen and oxygen atoms in total. The van der Waals surface area contributed by atoms with Gasteiger partial charge in [0.15, 0.2) is 0 Å². The Kier molecular flexibility index (Phi) is 6.45. The lowest BCUT2D eigenvalue weighted by Crippen LogP contribution is -2.39. The highest BCUT2D eigenvalue weighted by Gasteiger charge is 2.16. The van der Waals surface area contributed by atoms with Crippen LogP contribution in [0.2, 0.25) is 0 Å². The molecule has 2 N–H and O–H groups in total. The predicted molar refractivity (Wildman–Crippen MR) is 109 cm³/mol. The summed E-state index contributed by atoms with van der Waals surface area (Å²) in [6, 6.07) is 27.7. The van der Waals surface area contributed by atoms with Gasteiger partial charge in [-0.3, -0.25) is 0 Å². The average Bonchev–Trinajstić information content (AvgIpc) is 2.69. The van der Waals surface area contributed by atoms with Gasteiger partial charge >= 0.3 is 6.03 Å². The molecule has 26 heavy (non-hydrogen) atoms. The van der Waals surface area contributed by atoms with E-state index in [2.05, 4.69) is 32.6 Å². The van der Waals surface area contributed by atoms with E-state index in [-0.39, 0.29) is 12.1 Å². The molecule has 0 bridgehead atoms. The van der Waals surface area contributed by atoms with Gasteiger partial charge in [-0.05, 0) is 29.2 Å². The van der Waals surface area contributed by atoms with Crippen LogP contribution in [0.5, 0.6) is 0 Å². The van der Waals surface area contributed by atoms with Gasteiger partial charge in [-0.15, -0.1) is 0 Å².